The van der Waals surface area contributed by atoms with Gasteiger partial charge in [-0.15, -0.1) is 11.3 Å². The molecule has 1 aromatic carbocycles. The van der Waals surface area contributed by atoms with Crippen LogP contribution in [0.4, 0.5) is 0 Å². The number of nitrogens with zero attached hydrogens (tertiary/aromatic N) is 1. The molecule has 2 N–H and O–H groups in total. The monoisotopic (exact) mass is 264 g/mol. The van der Waals surface area contributed by atoms with E-state index in [0.717, 1.165) is 33.4 Å². The van der Waals surface area contributed by atoms with Crippen LogP contribution in [0.3, 0.4) is 0 Å². The van der Waals surface area contributed by atoms with E-state index < -0.39 is 0 Å². The third kappa shape index (κ3) is 2.63. The summed E-state index contributed by atoms with van der Waals surface area (Å²) in [7, 11) is 3.31. The SMILES string of the molecule is COc1ccc(OC)c(-c2cnc(CCN)s2)c1. The Kier molecular flexibility index (Phi) is 4.17. The molecule has 2 aromatic rings. The van der Waals surface area contributed by atoms with Gasteiger partial charge >= 0.3 is 0 Å². The summed E-state index contributed by atoms with van der Waals surface area (Å²) in [6.07, 6.45) is 2.66. The molecular formula is C13H16N2O2S. The zero-order valence-corrected chi connectivity index (χ0v) is 11.3. The number of thiazole rings is 1. The van der Waals surface area contributed by atoms with Gasteiger partial charge in [0.25, 0.3) is 0 Å². The molecule has 18 heavy (non-hydrogen) atoms. The molecule has 1 aromatic heterocycles. The second kappa shape index (κ2) is 5.84. The van der Waals surface area contributed by atoms with Crippen LogP contribution < -0.4 is 15.2 Å². The van der Waals surface area contributed by atoms with Crippen molar-refractivity contribution in [2.24, 2.45) is 5.73 Å². The summed E-state index contributed by atoms with van der Waals surface area (Å²) in [6.45, 7) is 0.613. The smallest absolute Gasteiger partial charge is 0.127 e. The molecule has 0 radical (unpaired) electrons. The fourth-order valence-electron chi connectivity index (χ4n) is 1.68. The maximum Gasteiger partial charge on any atom is 0.127 e. The first-order valence-electron chi connectivity index (χ1n) is 5.65. The number of nitrogens with two attached hydrogens (primary N) is 1. The van der Waals surface area contributed by atoms with Crippen LogP contribution in [0.25, 0.3) is 10.4 Å². The molecule has 1 heterocycles. The van der Waals surface area contributed by atoms with Crippen LogP contribution in [0, 0.1) is 0 Å². The summed E-state index contributed by atoms with van der Waals surface area (Å²) >= 11 is 1.63. The average Bonchev–Trinajstić information content (AvgIpc) is 2.87. The van der Waals surface area contributed by atoms with E-state index >= 15 is 0 Å². The summed E-state index contributed by atoms with van der Waals surface area (Å²) in [5.41, 5.74) is 6.53. The van der Waals surface area contributed by atoms with Gasteiger partial charge in [-0.2, -0.15) is 0 Å². The summed E-state index contributed by atoms with van der Waals surface area (Å²) in [5, 5.41) is 1.04. The van der Waals surface area contributed by atoms with Crippen molar-refractivity contribution in [2.75, 3.05) is 20.8 Å². The van der Waals surface area contributed by atoms with E-state index in [-0.39, 0.29) is 0 Å². The Morgan fingerprint density at radius 2 is 2.11 bits per heavy atom. The van der Waals surface area contributed by atoms with Crippen LogP contribution in [0.5, 0.6) is 11.5 Å². The first kappa shape index (κ1) is 12.9. The standard InChI is InChI=1S/C13H16N2O2S/c1-16-9-3-4-11(17-2)10(7-9)12-8-15-13(18-12)5-6-14/h3-4,7-8H,5-6,14H2,1-2H3. The summed E-state index contributed by atoms with van der Waals surface area (Å²) < 4.78 is 10.6. The maximum atomic E-state index is 5.53. The van der Waals surface area contributed by atoms with Crippen molar-refractivity contribution in [1.29, 1.82) is 0 Å². The zero-order valence-electron chi connectivity index (χ0n) is 10.5. The molecule has 2 rings (SSSR count). The number of ether oxygens (including phenoxy) is 2. The number of hydrogen-bond donors (Lipinski definition) is 1. The minimum atomic E-state index is 0.613. The summed E-state index contributed by atoms with van der Waals surface area (Å²) in [4.78, 5) is 5.42. The van der Waals surface area contributed by atoms with Crippen molar-refractivity contribution in [2.45, 2.75) is 6.42 Å². The minimum absolute atomic E-state index is 0.613. The molecule has 0 aliphatic heterocycles. The van der Waals surface area contributed by atoms with Crippen LogP contribution in [0.1, 0.15) is 5.01 Å². The Bertz CT molecular complexity index is 525. The van der Waals surface area contributed by atoms with E-state index in [4.69, 9.17) is 15.2 Å². The van der Waals surface area contributed by atoms with E-state index in [1.165, 1.54) is 0 Å². The normalized spacial score (nSPS) is 10.4. The Morgan fingerprint density at radius 1 is 1.28 bits per heavy atom. The lowest BCUT2D eigenvalue weighted by atomic mass is 10.1. The van der Waals surface area contributed by atoms with E-state index in [2.05, 4.69) is 4.98 Å². The molecule has 5 heteroatoms. The molecule has 96 valence electrons. The van der Waals surface area contributed by atoms with Crippen molar-refractivity contribution in [3.8, 4) is 21.9 Å². The fourth-order valence-corrected chi connectivity index (χ4v) is 2.63. The average molecular weight is 264 g/mol. The Hall–Kier alpha value is -1.59. The van der Waals surface area contributed by atoms with Crippen molar-refractivity contribution >= 4 is 11.3 Å². The van der Waals surface area contributed by atoms with Crippen LogP contribution in [-0.4, -0.2) is 25.7 Å². The molecule has 0 amide bonds. The van der Waals surface area contributed by atoms with E-state index in [1.54, 1.807) is 25.6 Å². The van der Waals surface area contributed by atoms with Crippen molar-refractivity contribution < 1.29 is 9.47 Å². The highest BCUT2D eigenvalue weighted by molar-refractivity contribution is 7.15. The number of benzene rings is 1. The van der Waals surface area contributed by atoms with Crippen molar-refractivity contribution in [1.82, 2.24) is 4.98 Å². The van der Waals surface area contributed by atoms with Gasteiger partial charge in [-0.05, 0) is 24.7 Å². The van der Waals surface area contributed by atoms with Gasteiger partial charge in [0.1, 0.15) is 11.5 Å². The summed E-state index contributed by atoms with van der Waals surface area (Å²) in [6, 6.07) is 5.74. The third-order valence-corrected chi connectivity index (χ3v) is 3.67. The Labute approximate surface area is 110 Å². The Balaban J connectivity index is 2.40. The highest BCUT2D eigenvalue weighted by Crippen LogP contribution is 2.36. The molecule has 4 nitrogen and oxygen atoms in total. The molecule has 0 spiro atoms. The quantitative estimate of drug-likeness (QED) is 0.900. The van der Waals surface area contributed by atoms with Crippen LogP contribution in [0.15, 0.2) is 24.4 Å². The number of methoxy groups -OCH3 is 2. The number of hydrogen-bond acceptors (Lipinski definition) is 5. The maximum absolute atomic E-state index is 5.53. The molecule has 0 fully saturated rings. The molecule has 0 bridgehead atoms. The number of rotatable bonds is 5. The van der Waals surface area contributed by atoms with Crippen molar-refractivity contribution in [3.63, 3.8) is 0 Å². The number of aromatic nitrogens is 1. The second-order valence-electron chi connectivity index (χ2n) is 3.72. The fraction of sp³-hybridized carbons (Fsp3) is 0.308. The van der Waals surface area contributed by atoms with Gasteiger partial charge in [0, 0.05) is 18.2 Å². The van der Waals surface area contributed by atoms with Gasteiger partial charge in [-0.25, -0.2) is 4.98 Å². The van der Waals surface area contributed by atoms with Gasteiger partial charge in [0.05, 0.1) is 24.1 Å². The van der Waals surface area contributed by atoms with E-state index in [1.807, 2.05) is 24.4 Å². The largest absolute Gasteiger partial charge is 0.497 e. The van der Waals surface area contributed by atoms with Crippen LogP contribution in [-0.2, 0) is 6.42 Å². The zero-order chi connectivity index (χ0) is 13.0. The molecule has 0 aliphatic carbocycles. The lowest BCUT2D eigenvalue weighted by molar-refractivity contribution is 0.404. The van der Waals surface area contributed by atoms with Crippen LogP contribution in [0.2, 0.25) is 0 Å². The van der Waals surface area contributed by atoms with E-state index in [0.29, 0.717) is 6.54 Å². The lowest BCUT2D eigenvalue weighted by Gasteiger charge is -2.08. The van der Waals surface area contributed by atoms with Crippen LogP contribution >= 0.6 is 11.3 Å². The van der Waals surface area contributed by atoms with Gasteiger partial charge in [0.15, 0.2) is 0 Å². The molecule has 0 saturated carbocycles. The van der Waals surface area contributed by atoms with Gasteiger partial charge < -0.3 is 15.2 Å². The highest BCUT2D eigenvalue weighted by atomic mass is 32.1. The predicted octanol–water partition coefficient (Wildman–Crippen LogP) is 2.33. The van der Waals surface area contributed by atoms with Gasteiger partial charge in [0.2, 0.25) is 0 Å². The molecule has 0 saturated heterocycles. The molecule has 0 aliphatic rings. The Morgan fingerprint density at radius 3 is 2.78 bits per heavy atom. The lowest BCUT2D eigenvalue weighted by Crippen LogP contribution is -2.01. The van der Waals surface area contributed by atoms with Gasteiger partial charge in [-0.1, -0.05) is 0 Å². The summed E-state index contributed by atoms with van der Waals surface area (Å²) in [5.74, 6) is 1.62. The third-order valence-electron chi connectivity index (χ3n) is 2.58. The second-order valence-corrected chi connectivity index (χ2v) is 4.84. The van der Waals surface area contributed by atoms with Gasteiger partial charge in [-0.3, -0.25) is 0 Å². The first-order chi connectivity index (χ1) is 8.78. The minimum Gasteiger partial charge on any atom is -0.497 e. The molecule has 0 unspecified atom stereocenters. The highest BCUT2D eigenvalue weighted by Gasteiger charge is 2.11. The molecular weight excluding hydrogens is 248 g/mol. The van der Waals surface area contributed by atoms with E-state index in [9.17, 15) is 0 Å². The predicted molar refractivity (Wildman–Crippen MR) is 73.4 cm³/mol. The van der Waals surface area contributed by atoms with Crippen molar-refractivity contribution in [3.05, 3.63) is 29.4 Å². The first-order valence-corrected chi connectivity index (χ1v) is 6.47. The molecule has 0 atom stereocenters. The topological polar surface area (TPSA) is 57.4 Å².